The number of methoxy groups -OCH3 is 2. The van der Waals surface area contributed by atoms with Crippen molar-refractivity contribution in [1.82, 2.24) is 9.69 Å². The molecule has 1 aromatic heterocycles. The molecule has 1 aliphatic rings. The van der Waals surface area contributed by atoms with Gasteiger partial charge in [0.05, 0.1) is 26.0 Å². The molecule has 3 amide bonds. The first-order chi connectivity index (χ1) is 19.2. The lowest BCUT2D eigenvalue weighted by Crippen LogP contribution is -2.45. The van der Waals surface area contributed by atoms with Crippen molar-refractivity contribution in [1.29, 1.82) is 0 Å². The molecule has 11 nitrogen and oxygen atoms in total. The number of carbonyl (C=O) groups is 3. The first-order valence-corrected chi connectivity index (χ1v) is 13.5. The molecule has 0 unspecified atom stereocenters. The monoisotopic (exact) mass is 567 g/mol. The zero-order valence-corrected chi connectivity index (χ0v) is 23.7. The Morgan fingerprint density at radius 2 is 1.88 bits per heavy atom. The third-order valence-electron chi connectivity index (χ3n) is 6.90. The molecule has 12 heteroatoms. The molecule has 0 saturated carbocycles. The molecular weight excluding hydrogens is 534 g/mol. The number of hydrogen-bond acceptors (Lipinski definition) is 9. The van der Waals surface area contributed by atoms with Crippen LogP contribution in [0.15, 0.2) is 36.4 Å². The van der Waals surface area contributed by atoms with E-state index in [1.54, 1.807) is 24.3 Å². The summed E-state index contributed by atoms with van der Waals surface area (Å²) in [6.07, 6.45) is 1.63. The maximum atomic E-state index is 14.3. The topological polar surface area (TPSA) is 159 Å². The molecule has 0 radical (unpaired) electrons. The number of nitrogen functional groups attached to an aromatic ring is 1. The molecular formula is C28H33N5O6S. The summed E-state index contributed by atoms with van der Waals surface area (Å²) in [5.41, 5.74) is 14.1. The fourth-order valence-electron chi connectivity index (χ4n) is 4.55. The number of amides is 3. The third kappa shape index (κ3) is 5.87. The molecule has 2 atom stereocenters. The van der Waals surface area contributed by atoms with Crippen molar-refractivity contribution in [3.8, 4) is 11.5 Å². The highest BCUT2D eigenvalue weighted by molar-refractivity contribution is 7.09. The number of nitrogens with zero attached hydrogens (tertiary/aromatic N) is 2. The summed E-state index contributed by atoms with van der Waals surface area (Å²) in [7, 11) is 3.00. The quantitative estimate of drug-likeness (QED) is 0.337. The molecule has 0 bridgehead atoms. The van der Waals surface area contributed by atoms with E-state index in [0.717, 1.165) is 35.5 Å². The lowest BCUT2D eigenvalue weighted by atomic mass is 10.0. The molecule has 212 valence electrons. The predicted octanol–water partition coefficient (Wildman–Crippen LogP) is 3.14. The van der Waals surface area contributed by atoms with Crippen molar-refractivity contribution in [2.75, 3.05) is 38.0 Å². The zero-order valence-electron chi connectivity index (χ0n) is 22.9. The Kier molecular flexibility index (Phi) is 8.90. The first-order valence-electron chi connectivity index (χ1n) is 12.7. The van der Waals surface area contributed by atoms with Gasteiger partial charge in [0.25, 0.3) is 11.8 Å². The van der Waals surface area contributed by atoms with Gasteiger partial charge in [0.1, 0.15) is 10.9 Å². The number of nitrogens with two attached hydrogens (primary N) is 2. The van der Waals surface area contributed by atoms with Gasteiger partial charge in [-0.2, -0.15) is 4.37 Å². The van der Waals surface area contributed by atoms with Gasteiger partial charge in [-0.05, 0) is 79.2 Å². The normalized spacial score (nSPS) is 15.3. The fourth-order valence-corrected chi connectivity index (χ4v) is 5.30. The van der Waals surface area contributed by atoms with Crippen molar-refractivity contribution in [3.05, 3.63) is 63.7 Å². The zero-order chi connectivity index (χ0) is 29.0. The number of hydrogen-bond donors (Lipinski definition) is 3. The minimum absolute atomic E-state index is 0.00979. The molecule has 40 heavy (non-hydrogen) atoms. The summed E-state index contributed by atoms with van der Waals surface area (Å²) < 4.78 is 20.6. The van der Waals surface area contributed by atoms with E-state index in [4.69, 9.17) is 25.7 Å². The standard InChI is InChI=1S/C28H33N5O6S/c1-15-7-9-18(12-16(15)2)33(28(36)25-22(29)23(26(30)34)32-40-25)24(27(35)31-14-19-6-5-11-39-19)17-8-10-20(37-3)21(13-17)38-4/h7-10,12-13,19,24H,5-6,11,14,29H2,1-4H3,(H2,30,34)(H,31,35)/t19-,24+/m0/s1. The fraction of sp³-hybridized carbons (Fsp3) is 0.357. The summed E-state index contributed by atoms with van der Waals surface area (Å²) in [6, 6.07) is 9.31. The highest BCUT2D eigenvalue weighted by Gasteiger charge is 2.37. The number of carbonyl (C=O) groups excluding carboxylic acids is 3. The minimum Gasteiger partial charge on any atom is -0.493 e. The molecule has 5 N–H and O–H groups in total. The maximum absolute atomic E-state index is 14.3. The number of nitrogens with one attached hydrogen (secondary N) is 1. The molecule has 0 spiro atoms. The average Bonchev–Trinajstić information content (AvgIpc) is 3.61. The van der Waals surface area contributed by atoms with Gasteiger partial charge >= 0.3 is 0 Å². The van der Waals surface area contributed by atoms with Gasteiger partial charge in [-0.1, -0.05) is 12.1 Å². The van der Waals surface area contributed by atoms with Gasteiger partial charge in [0.2, 0.25) is 5.91 Å². The van der Waals surface area contributed by atoms with E-state index < -0.39 is 23.8 Å². The molecule has 4 rings (SSSR count). The lowest BCUT2D eigenvalue weighted by molar-refractivity contribution is -0.123. The number of anilines is 2. The summed E-state index contributed by atoms with van der Waals surface area (Å²) >= 11 is 0.751. The van der Waals surface area contributed by atoms with E-state index in [2.05, 4.69) is 9.69 Å². The van der Waals surface area contributed by atoms with Crippen molar-refractivity contribution >= 4 is 40.6 Å². The van der Waals surface area contributed by atoms with Gasteiger partial charge in [0, 0.05) is 18.8 Å². The van der Waals surface area contributed by atoms with Crippen LogP contribution in [0.2, 0.25) is 0 Å². The SMILES string of the molecule is COc1ccc([C@H](C(=O)NC[C@@H]2CCCO2)N(C(=O)c2snc(C(N)=O)c2N)c2ccc(C)c(C)c2)cc1OC. The maximum Gasteiger partial charge on any atom is 0.273 e. The smallest absolute Gasteiger partial charge is 0.273 e. The van der Waals surface area contributed by atoms with E-state index in [1.165, 1.54) is 19.1 Å². The molecule has 0 aliphatic carbocycles. The Labute approximate surface area is 236 Å². The Morgan fingerprint density at radius 3 is 2.48 bits per heavy atom. The molecule has 1 saturated heterocycles. The molecule has 2 heterocycles. The van der Waals surface area contributed by atoms with Gasteiger partial charge in [-0.15, -0.1) is 0 Å². The Bertz CT molecular complexity index is 1420. The summed E-state index contributed by atoms with van der Waals surface area (Å²) in [6.45, 7) is 4.79. The number of aryl methyl sites for hydroxylation is 2. The Balaban J connectivity index is 1.88. The molecule has 2 aromatic carbocycles. The van der Waals surface area contributed by atoms with Crippen molar-refractivity contribution < 1.29 is 28.6 Å². The van der Waals surface area contributed by atoms with E-state index in [-0.39, 0.29) is 28.9 Å². The first kappa shape index (κ1) is 28.8. The van der Waals surface area contributed by atoms with Crippen LogP contribution in [0.4, 0.5) is 11.4 Å². The highest BCUT2D eigenvalue weighted by atomic mass is 32.1. The summed E-state index contributed by atoms with van der Waals surface area (Å²) in [5.74, 6) is -1.05. The Hall–Kier alpha value is -4.16. The highest BCUT2D eigenvalue weighted by Crippen LogP contribution is 2.37. The van der Waals surface area contributed by atoms with Gasteiger partial charge in [-0.25, -0.2) is 0 Å². The van der Waals surface area contributed by atoms with E-state index in [1.807, 2.05) is 26.0 Å². The van der Waals surface area contributed by atoms with Crippen LogP contribution in [-0.2, 0) is 9.53 Å². The largest absolute Gasteiger partial charge is 0.493 e. The van der Waals surface area contributed by atoms with Gasteiger partial charge in [-0.3, -0.25) is 19.3 Å². The van der Waals surface area contributed by atoms with Crippen LogP contribution in [0, 0.1) is 13.8 Å². The third-order valence-corrected chi connectivity index (χ3v) is 7.75. The summed E-state index contributed by atoms with van der Waals surface area (Å²) in [5, 5.41) is 2.96. The van der Waals surface area contributed by atoms with E-state index >= 15 is 0 Å². The van der Waals surface area contributed by atoms with Crippen LogP contribution >= 0.6 is 11.5 Å². The Morgan fingerprint density at radius 1 is 1.12 bits per heavy atom. The second-order valence-electron chi connectivity index (χ2n) is 9.48. The lowest BCUT2D eigenvalue weighted by Gasteiger charge is -2.32. The predicted molar refractivity (Wildman–Crippen MR) is 152 cm³/mol. The number of ether oxygens (including phenoxy) is 3. The summed E-state index contributed by atoms with van der Waals surface area (Å²) in [4.78, 5) is 41.5. The molecule has 3 aromatic rings. The van der Waals surface area contributed by atoms with E-state index in [0.29, 0.717) is 29.4 Å². The van der Waals surface area contributed by atoms with Crippen LogP contribution in [-0.4, -0.2) is 55.6 Å². The van der Waals surface area contributed by atoms with Crippen LogP contribution in [0.1, 0.15) is 55.7 Å². The number of rotatable bonds is 10. The second-order valence-corrected chi connectivity index (χ2v) is 10.3. The molecule has 1 aliphatic heterocycles. The number of benzene rings is 2. The molecule has 1 fully saturated rings. The number of primary amides is 1. The second kappa shape index (κ2) is 12.3. The van der Waals surface area contributed by atoms with Crippen LogP contribution < -0.4 is 31.2 Å². The number of aromatic nitrogens is 1. The van der Waals surface area contributed by atoms with Crippen molar-refractivity contribution in [2.24, 2.45) is 5.73 Å². The van der Waals surface area contributed by atoms with Crippen LogP contribution in [0.5, 0.6) is 11.5 Å². The minimum atomic E-state index is -1.16. The van der Waals surface area contributed by atoms with Gasteiger partial charge in [0.15, 0.2) is 17.2 Å². The van der Waals surface area contributed by atoms with Crippen LogP contribution in [0.3, 0.4) is 0 Å². The average molecular weight is 568 g/mol. The van der Waals surface area contributed by atoms with Crippen molar-refractivity contribution in [2.45, 2.75) is 38.8 Å². The van der Waals surface area contributed by atoms with Crippen LogP contribution in [0.25, 0.3) is 0 Å². The van der Waals surface area contributed by atoms with Crippen molar-refractivity contribution in [3.63, 3.8) is 0 Å². The van der Waals surface area contributed by atoms with Gasteiger partial charge < -0.3 is 31.0 Å². The van der Waals surface area contributed by atoms with E-state index in [9.17, 15) is 14.4 Å².